The van der Waals surface area contributed by atoms with Gasteiger partial charge >= 0.3 is 0 Å². The van der Waals surface area contributed by atoms with E-state index in [2.05, 4.69) is 10.3 Å². The number of carbonyl (C=O) groups is 2. The first-order valence-corrected chi connectivity index (χ1v) is 8.22. The zero-order valence-corrected chi connectivity index (χ0v) is 14.1. The summed E-state index contributed by atoms with van der Waals surface area (Å²) in [6, 6.07) is -0.118. The number of hydrogen-bond acceptors (Lipinski definition) is 4. The Morgan fingerprint density at radius 2 is 1.95 bits per heavy atom. The lowest BCUT2D eigenvalue weighted by molar-refractivity contribution is -0.152. The minimum atomic E-state index is -0.753. The highest BCUT2D eigenvalue weighted by Gasteiger charge is 2.45. The Morgan fingerprint density at radius 1 is 1.33 bits per heavy atom. The van der Waals surface area contributed by atoms with Crippen molar-refractivity contribution in [2.24, 2.45) is 0 Å². The van der Waals surface area contributed by atoms with E-state index >= 15 is 0 Å². The standard InChI is InChI=1S/C15H23N3O2S/c1-6-15(7-2)14(20)18(8-12(19)17-15)10(4)13-9(3)16-11(5)21-13/h10H,6-8H2,1-5H3,(H,17,19). The van der Waals surface area contributed by atoms with Crippen LogP contribution in [0.1, 0.15) is 55.2 Å². The molecule has 116 valence electrons. The fraction of sp³-hybridized carbons (Fsp3) is 0.667. The molecule has 0 spiro atoms. The number of piperazine rings is 1. The van der Waals surface area contributed by atoms with Crippen LogP contribution < -0.4 is 5.32 Å². The molecule has 1 atom stereocenters. The van der Waals surface area contributed by atoms with Crippen LogP contribution in [0.2, 0.25) is 0 Å². The van der Waals surface area contributed by atoms with Crippen molar-refractivity contribution in [2.75, 3.05) is 6.54 Å². The van der Waals surface area contributed by atoms with E-state index in [4.69, 9.17) is 0 Å². The largest absolute Gasteiger partial charge is 0.340 e. The van der Waals surface area contributed by atoms with Crippen LogP contribution in [0.4, 0.5) is 0 Å². The molecule has 2 amide bonds. The van der Waals surface area contributed by atoms with Gasteiger partial charge in [-0.2, -0.15) is 0 Å². The average molecular weight is 309 g/mol. The minimum absolute atomic E-state index is 0.0186. The van der Waals surface area contributed by atoms with Crippen molar-refractivity contribution in [1.82, 2.24) is 15.2 Å². The normalized spacial score (nSPS) is 19.6. The highest BCUT2D eigenvalue weighted by Crippen LogP contribution is 2.33. The second-order valence-corrected chi connectivity index (χ2v) is 6.86. The van der Waals surface area contributed by atoms with E-state index in [0.717, 1.165) is 15.6 Å². The Morgan fingerprint density at radius 3 is 2.43 bits per heavy atom. The van der Waals surface area contributed by atoms with Gasteiger partial charge in [0.05, 0.1) is 16.7 Å². The van der Waals surface area contributed by atoms with E-state index in [1.54, 1.807) is 16.2 Å². The van der Waals surface area contributed by atoms with Gasteiger partial charge in [0.2, 0.25) is 11.8 Å². The predicted octanol–water partition coefficient (Wildman–Crippen LogP) is 2.34. The van der Waals surface area contributed by atoms with Crippen molar-refractivity contribution in [3.63, 3.8) is 0 Å². The van der Waals surface area contributed by atoms with Gasteiger partial charge in [-0.3, -0.25) is 9.59 Å². The SMILES string of the molecule is CCC1(CC)NC(=O)CN(C(C)c2sc(C)nc2C)C1=O. The van der Waals surface area contributed by atoms with E-state index < -0.39 is 5.54 Å². The van der Waals surface area contributed by atoms with Crippen LogP contribution in [0.15, 0.2) is 0 Å². The highest BCUT2D eigenvalue weighted by atomic mass is 32.1. The van der Waals surface area contributed by atoms with Gasteiger partial charge in [0.15, 0.2) is 0 Å². The molecular weight excluding hydrogens is 286 g/mol. The number of nitrogens with zero attached hydrogens (tertiary/aromatic N) is 2. The number of aryl methyl sites for hydroxylation is 2. The Hall–Kier alpha value is -1.43. The smallest absolute Gasteiger partial charge is 0.249 e. The van der Waals surface area contributed by atoms with Gasteiger partial charge in [-0.25, -0.2) is 4.98 Å². The highest BCUT2D eigenvalue weighted by molar-refractivity contribution is 7.11. The average Bonchev–Trinajstić information content (AvgIpc) is 2.79. The maximum atomic E-state index is 12.9. The molecule has 0 saturated carbocycles. The third-order valence-corrected chi connectivity index (χ3v) is 5.60. The van der Waals surface area contributed by atoms with Crippen molar-refractivity contribution in [1.29, 1.82) is 0 Å². The predicted molar refractivity (Wildman–Crippen MR) is 83.2 cm³/mol. The molecule has 6 heteroatoms. The summed E-state index contributed by atoms with van der Waals surface area (Å²) in [5.74, 6) is -0.0610. The van der Waals surface area contributed by atoms with Crippen LogP contribution in [0.3, 0.4) is 0 Å². The Kier molecular flexibility index (Phi) is 4.37. The molecule has 21 heavy (non-hydrogen) atoms. The number of amides is 2. The first-order valence-electron chi connectivity index (χ1n) is 7.40. The van der Waals surface area contributed by atoms with Gasteiger partial charge < -0.3 is 10.2 Å². The van der Waals surface area contributed by atoms with Gasteiger partial charge in [0.1, 0.15) is 12.1 Å². The topological polar surface area (TPSA) is 62.3 Å². The molecule has 1 aliphatic rings. The number of carbonyl (C=O) groups excluding carboxylic acids is 2. The molecule has 1 saturated heterocycles. The summed E-state index contributed by atoms with van der Waals surface area (Å²) in [6.45, 7) is 9.90. The molecule has 5 nitrogen and oxygen atoms in total. The summed E-state index contributed by atoms with van der Waals surface area (Å²) in [5, 5.41) is 3.88. The maximum Gasteiger partial charge on any atom is 0.249 e. The van der Waals surface area contributed by atoms with Gasteiger partial charge in [-0.15, -0.1) is 11.3 Å². The number of thiazole rings is 1. The lowest BCUT2D eigenvalue weighted by Crippen LogP contribution is -2.66. The Labute approximate surface area is 129 Å². The zero-order chi connectivity index (χ0) is 15.8. The van der Waals surface area contributed by atoms with Crippen LogP contribution in [0, 0.1) is 13.8 Å². The third kappa shape index (κ3) is 2.69. The van der Waals surface area contributed by atoms with Crippen LogP contribution in [0.25, 0.3) is 0 Å². The van der Waals surface area contributed by atoms with Crippen LogP contribution >= 0.6 is 11.3 Å². The number of nitrogens with one attached hydrogen (secondary N) is 1. The second kappa shape index (κ2) is 5.75. The van der Waals surface area contributed by atoms with Crippen molar-refractivity contribution >= 4 is 23.2 Å². The molecule has 1 fully saturated rings. The van der Waals surface area contributed by atoms with E-state index in [0.29, 0.717) is 12.8 Å². The van der Waals surface area contributed by atoms with Crippen molar-refractivity contribution in [3.05, 3.63) is 15.6 Å². The molecule has 0 aliphatic carbocycles. The van der Waals surface area contributed by atoms with Crippen LogP contribution in [-0.2, 0) is 9.59 Å². The number of aromatic nitrogens is 1. The summed E-state index contributed by atoms with van der Waals surface area (Å²) in [6.07, 6.45) is 1.22. The summed E-state index contributed by atoms with van der Waals surface area (Å²) in [5.41, 5.74) is 0.194. The number of rotatable bonds is 4. The van der Waals surface area contributed by atoms with E-state index in [1.807, 2.05) is 34.6 Å². The molecule has 2 heterocycles. The quantitative estimate of drug-likeness (QED) is 0.928. The Bertz CT molecular complexity index is 563. The summed E-state index contributed by atoms with van der Waals surface area (Å²) < 4.78 is 0. The molecule has 2 rings (SSSR count). The van der Waals surface area contributed by atoms with Crippen LogP contribution in [0.5, 0.6) is 0 Å². The van der Waals surface area contributed by atoms with E-state index in [1.165, 1.54) is 0 Å². The first kappa shape index (κ1) is 15.9. The number of hydrogen-bond donors (Lipinski definition) is 1. The fourth-order valence-electron chi connectivity index (χ4n) is 2.98. The molecule has 0 bridgehead atoms. The molecule has 0 radical (unpaired) electrons. The fourth-order valence-corrected chi connectivity index (χ4v) is 3.97. The molecule has 1 N–H and O–H groups in total. The van der Waals surface area contributed by atoms with Crippen molar-refractivity contribution in [3.8, 4) is 0 Å². The van der Waals surface area contributed by atoms with Crippen molar-refractivity contribution in [2.45, 2.75) is 59.0 Å². The molecule has 1 aromatic heterocycles. The first-order chi connectivity index (χ1) is 9.84. The minimum Gasteiger partial charge on any atom is -0.340 e. The summed E-state index contributed by atoms with van der Waals surface area (Å²) in [4.78, 5) is 32.1. The van der Waals surface area contributed by atoms with Gasteiger partial charge in [0, 0.05) is 4.88 Å². The zero-order valence-electron chi connectivity index (χ0n) is 13.3. The molecule has 1 aromatic rings. The maximum absolute atomic E-state index is 12.9. The third-order valence-electron chi connectivity index (χ3n) is 4.36. The van der Waals surface area contributed by atoms with Crippen molar-refractivity contribution < 1.29 is 9.59 Å². The second-order valence-electron chi connectivity index (χ2n) is 5.63. The van der Waals surface area contributed by atoms with Gasteiger partial charge in [-0.05, 0) is 33.6 Å². The molecular formula is C15H23N3O2S. The molecule has 1 aliphatic heterocycles. The van der Waals surface area contributed by atoms with Crippen LogP contribution in [-0.4, -0.2) is 33.8 Å². The summed E-state index contributed by atoms with van der Waals surface area (Å²) in [7, 11) is 0. The lowest BCUT2D eigenvalue weighted by atomic mass is 9.88. The van der Waals surface area contributed by atoms with E-state index in [9.17, 15) is 9.59 Å². The monoisotopic (exact) mass is 309 g/mol. The Balaban J connectivity index is 2.35. The van der Waals surface area contributed by atoms with E-state index in [-0.39, 0.29) is 24.4 Å². The summed E-state index contributed by atoms with van der Waals surface area (Å²) >= 11 is 1.60. The van der Waals surface area contributed by atoms with Gasteiger partial charge in [-0.1, -0.05) is 13.8 Å². The van der Waals surface area contributed by atoms with Gasteiger partial charge in [0.25, 0.3) is 0 Å². The molecule has 0 aromatic carbocycles. The molecule has 1 unspecified atom stereocenters. The lowest BCUT2D eigenvalue weighted by Gasteiger charge is -2.43.